The van der Waals surface area contributed by atoms with Crippen LogP contribution in [0.4, 0.5) is 0 Å². The van der Waals surface area contributed by atoms with Gasteiger partial charge in [0.25, 0.3) is 0 Å². The lowest BCUT2D eigenvalue weighted by Gasteiger charge is -2.38. The van der Waals surface area contributed by atoms with Crippen molar-refractivity contribution in [3.05, 3.63) is 29.8 Å². The number of carbonyl (C=O) groups is 2. The number of benzene rings is 1. The maximum Gasteiger partial charge on any atom is 0.324 e. The van der Waals surface area contributed by atoms with E-state index in [0.29, 0.717) is 17.7 Å². The maximum atomic E-state index is 12.5. The van der Waals surface area contributed by atoms with Crippen LogP contribution in [0, 0.1) is 5.92 Å². The third kappa shape index (κ3) is 2.09. The van der Waals surface area contributed by atoms with Gasteiger partial charge in [-0.05, 0) is 36.5 Å². The molecule has 20 heavy (non-hydrogen) atoms. The van der Waals surface area contributed by atoms with Gasteiger partial charge in [-0.2, -0.15) is 0 Å². The highest BCUT2D eigenvalue weighted by atomic mass is 16.5. The number of methoxy groups -OCH3 is 2. The van der Waals surface area contributed by atoms with E-state index in [1.54, 1.807) is 31.4 Å². The third-order valence-corrected chi connectivity index (χ3v) is 4.27. The Balaban J connectivity index is 2.55. The lowest BCUT2D eigenvalue weighted by atomic mass is 9.62. The summed E-state index contributed by atoms with van der Waals surface area (Å²) in [5.74, 6) is 0.127. The Morgan fingerprint density at radius 3 is 2.40 bits per heavy atom. The molecule has 0 amide bonds. The van der Waals surface area contributed by atoms with E-state index in [4.69, 9.17) is 9.47 Å². The van der Waals surface area contributed by atoms with E-state index in [1.165, 1.54) is 7.11 Å². The molecule has 1 aliphatic rings. The van der Waals surface area contributed by atoms with Crippen molar-refractivity contribution in [3.8, 4) is 5.75 Å². The summed E-state index contributed by atoms with van der Waals surface area (Å²) in [5, 5.41) is 0. The first-order chi connectivity index (χ1) is 9.57. The predicted molar refractivity (Wildman–Crippen MR) is 74.7 cm³/mol. The fraction of sp³-hybridized carbons (Fsp3) is 0.500. The van der Waals surface area contributed by atoms with Crippen LogP contribution in [0.15, 0.2) is 24.3 Å². The van der Waals surface area contributed by atoms with Crippen molar-refractivity contribution in [2.45, 2.75) is 31.6 Å². The van der Waals surface area contributed by atoms with Crippen molar-refractivity contribution in [3.63, 3.8) is 0 Å². The number of hydrogen-bond donors (Lipinski definition) is 0. The molecule has 0 radical (unpaired) electrons. The minimum absolute atomic E-state index is 0.0479. The van der Waals surface area contributed by atoms with Gasteiger partial charge in [0.1, 0.15) is 5.75 Å². The van der Waals surface area contributed by atoms with Gasteiger partial charge in [0, 0.05) is 6.42 Å². The van der Waals surface area contributed by atoms with Crippen LogP contribution in [0.1, 0.15) is 31.7 Å². The van der Waals surface area contributed by atoms with Gasteiger partial charge in [0.2, 0.25) is 0 Å². The Morgan fingerprint density at radius 2 is 1.90 bits per heavy atom. The molecule has 0 N–H and O–H groups in total. The van der Waals surface area contributed by atoms with Crippen LogP contribution in [0.25, 0.3) is 0 Å². The first-order valence-electron chi connectivity index (χ1n) is 6.83. The number of ether oxygens (including phenoxy) is 2. The average Bonchev–Trinajstić information content (AvgIpc) is 2.47. The second kappa shape index (κ2) is 5.65. The largest absolute Gasteiger partial charge is 0.497 e. The van der Waals surface area contributed by atoms with Crippen LogP contribution in [0.2, 0.25) is 0 Å². The summed E-state index contributed by atoms with van der Waals surface area (Å²) in [7, 11) is 2.92. The maximum absolute atomic E-state index is 12.5. The van der Waals surface area contributed by atoms with Gasteiger partial charge in [-0.15, -0.1) is 0 Å². The molecule has 1 fully saturated rings. The number of carbonyl (C=O) groups excluding carboxylic acids is 2. The molecule has 0 heterocycles. The molecule has 108 valence electrons. The summed E-state index contributed by atoms with van der Waals surface area (Å²) in [6.45, 7) is 1.94. The van der Waals surface area contributed by atoms with Crippen LogP contribution < -0.4 is 4.74 Å². The molecule has 1 saturated carbocycles. The standard InChI is InChI=1S/C16H20O4/c1-11-5-4-6-14(17)16(11,15(18)20-3)12-7-9-13(19-2)10-8-12/h7-11H,4-6H2,1-3H3. The Hall–Kier alpha value is -1.84. The smallest absolute Gasteiger partial charge is 0.324 e. The van der Waals surface area contributed by atoms with Gasteiger partial charge in [-0.25, -0.2) is 0 Å². The van der Waals surface area contributed by atoms with Gasteiger partial charge in [0.05, 0.1) is 14.2 Å². The van der Waals surface area contributed by atoms with E-state index in [9.17, 15) is 9.59 Å². The van der Waals surface area contributed by atoms with Gasteiger partial charge in [0.15, 0.2) is 11.2 Å². The zero-order chi connectivity index (χ0) is 14.8. The first-order valence-corrected chi connectivity index (χ1v) is 6.83. The van der Waals surface area contributed by atoms with E-state index < -0.39 is 11.4 Å². The highest BCUT2D eigenvalue weighted by molar-refractivity contribution is 6.10. The average molecular weight is 276 g/mol. The van der Waals surface area contributed by atoms with E-state index in [0.717, 1.165) is 12.8 Å². The van der Waals surface area contributed by atoms with Gasteiger partial charge in [-0.3, -0.25) is 9.59 Å². The van der Waals surface area contributed by atoms with Gasteiger partial charge < -0.3 is 9.47 Å². The number of ketones is 1. The van der Waals surface area contributed by atoms with Gasteiger partial charge >= 0.3 is 5.97 Å². The summed E-state index contributed by atoms with van der Waals surface area (Å²) in [4.78, 5) is 24.9. The summed E-state index contributed by atoms with van der Waals surface area (Å²) in [6, 6.07) is 7.12. The van der Waals surface area contributed by atoms with Crippen LogP contribution in [-0.2, 0) is 19.7 Å². The number of Topliss-reactive ketones (excluding diaryl/α,β-unsaturated/α-hetero) is 1. The van der Waals surface area contributed by atoms with E-state index in [2.05, 4.69) is 0 Å². The van der Waals surface area contributed by atoms with Crippen LogP contribution >= 0.6 is 0 Å². The molecule has 0 aromatic heterocycles. The quantitative estimate of drug-likeness (QED) is 0.628. The molecule has 2 unspecified atom stereocenters. The minimum atomic E-state index is -1.17. The molecule has 0 bridgehead atoms. The van der Waals surface area contributed by atoms with E-state index >= 15 is 0 Å². The van der Waals surface area contributed by atoms with Crippen LogP contribution in [0.3, 0.4) is 0 Å². The van der Waals surface area contributed by atoms with Crippen molar-refractivity contribution in [1.29, 1.82) is 0 Å². The Kier molecular flexibility index (Phi) is 4.12. The number of hydrogen-bond acceptors (Lipinski definition) is 4. The molecule has 1 aromatic rings. The topological polar surface area (TPSA) is 52.6 Å². The zero-order valence-electron chi connectivity index (χ0n) is 12.1. The first kappa shape index (κ1) is 14.6. The van der Waals surface area contributed by atoms with E-state index in [1.807, 2.05) is 6.92 Å². The molecule has 2 atom stereocenters. The minimum Gasteiger partial charge on any atom is -0.497 e. The second-order valence-electron chi connectivity index (χ2n) is 5.24. The van der Waals surface area contributed by atoms with Crippen molar-refractivity contribution in [1.82, 2.24) is 0 Å². The Labute approximate surface area is 119 Å². The van der Waals surface area contributed by atoms with Crippen LogP contribution in [0.5, 0.6) is 5.75 Å². The van der Waals surface area contributed by atoms with Gasteiger partial charge in [-0.1, -0.05) is 19.1 Å². The monoisotopic (exact) mass is 276 g/mol. The number of rotatable bonds is 3. The zero-order valence-corrected chi connectivity index (χ0v) is 12.1. The highest BCUT2D eigenvalue weighted by Gasteiger charge is 2.53. The fourth-order valence-corrected chi connectivity index (χ4v) is 3.15. The molecule has 1 aliphatic carbocycles. The lowest BCUT2D eigenvalue weighted by molar-refractivity contribution is -0.156. The molecule has 4 heteroatoms. The highest BCUT2D eigenvalue weighted by Crippen LogP contribution is 2.42. The molecule has 0 saturated heterocycles. The third-order valence-electron chi connectivity index (χ3n) is 4.27. The Bertz CT molecular complexity index is 496. The van der Waals surface area contributed by atoms with Crippen molar-refractivity contribution in [2.75, 3.05) is 14.2 Å². The molecule has 1 aromatic carbocycles. The summed E-state index contributed by atoms with van der Waals surface area (Å²) < 4.78 is 10.1. The lowest BCUT2D eigenvalue weighted by Crippen LogP contribution is -2.51. The van der Waals surface area contributed by atoms with Crippen molar-refractivity contribution >= 4 is 11.8 Å². The Morgan fingerprint density at radius 1 is 1.25 bits per heavy atom. The normalized spacial score (nSPS) is 26.1. The van der Waals surface area contributed by atoms with Crippen molar-refractivity contribution < 1.29 is 19.1 Å². The van der Waals surface area contributed by atoms with Crippen molar-refractivity contribution in [2.24, 2.45) is 5.92 Å². The van der Waals surface area contributed by atoms with E-state index in [-0.39, 0.29) is 11.7 Å². The SMILES string of the molecule is COC(=O)C1(c2ccc(OC)cc2)C(=O)CCCC1C. The summed E-state index contributed by atoms with van der Waals surface area (Å²) >= 11 is 0. The van der Waals surface area contributed by atoms with Crippen LogP contribution in [-0.4, -0.2) is 26.0 Å². The summed E-state index contributed by atoms with van der Waals surface area (Å²) in [5.41, 5.74) is -0.471. The number of esters is 1. The summed E-state index contributed by atoms with van der Waals surface area (Å²) in [6.07, 6.45) is 2.09. The fourth-order valence-electron chi connectivity index (χ4n) is 3.15. The molecular formula is C16H20O4. The molecule has 2 rings (SSSR count). The predicted octanol–water partition coefficient (Wildman–Crippen LogP) is 2.50. The molecule has 4 nitrogen and oxygen atoms in total. The molecule has 0 aliphatic heterocycles. The molecular weight excluding hydrogens is 256 g/mol. The second-order valence-corrected chi connectivity index (χ2v) is 5.24. The molecule has 0 spiro atoms.